The number of anilines is 3. The summed E-state index contributed by atoms with van der Waals surface area (Å²) >= 11 is 0. The molecule has 7 aromatic rings. The molecule has 63 heavy (non-hydrogen) atoms. The van der Waals surface area contributed by atoms with Crippen LogP contribution in [0.5, 0.6) is 0 Å². The molecule has 0 atom stereocenters. The smallest absolute Gasteiger partial charge is 0.0467 e. The van der Waals surface area contributed by atoms with Crippen LogP contribution in [-0.2, 0) is 21.7 Å². The molecule has 0 saturated heterocycles. The first-order valence-corrected chi connectivity index (χ1v) is 23.2. The zero-order valence-corrected chi connectivity index (χ0v) is 40.4. The van der Waals surface area contributed by atoms with Crippen molar-refractivity contribution in [1.82, 2.24) is 0 Å². The highest BCUT2D eigenvalue weighted by Crippen LogP contribution is 2.68. The van der Waals surface area contributed by atoms with Crippen LogP contribution in [0.1, 0.15) is 130 Å². The molecule has 0 heterocycles. The molecule has 0 N–H and O–H groups in total. The van der Waals surface area contributed by atoms with Gasteiger partial charge in [0.2, 0.25) is 0 Å². The first-order valence-electron chi connectivity index (χ1n) is 23.2. The van der Waals surface area contributed by atoms with Gasteiger partial charge in [0.1, 0.15) is 0 Å². The second-order valence-corrected chi connectivity index (χ2v) is 23.1. The predicted octanol–water partition coefficient (Wildman–Crippen LogP) is 17.8. The van der Waals surface area contributed by atoms with Crippen LogP contribution in [0.25, 0.3) is 44.5 Å². The van der Waals surface area contributed by atoms with Crippen LogP contribution < -0.4 is 4.90 Å². The molecule has 320 valence electrons. The maximum absolute atomic E-state index is 2.59. The fraction of sp³-hybridized carbons (Fsp3) is 0.323. The van der Waals surface area contributed by atoms with Gasteiger partial charge in [-0.3, -0.25) is 0 Å². The van der Waals surface area contributed by atoms with E-state index in [1.165, 1.54) is 77.9 Å². The Bertz CT molecular complexity index is 2860. The molecule has 0 fully saturated rings. The molecule has 0 bridgehead atoms. The Kier molecular flexibility index (Phi) is 9.77. The molecule has 2 aliphatic rings. The van der Waals surface area contributed by atoms with Gasteiger partial charge in [-0.1, -0.05) is 212 Å². The quantitative estimate of drug-likeness (QED) is 0.167. The summed E-state index contributed by atoms with van der Waals surface area (Å²) in [6.07, 6.45) is 0. The summed E-state index contributed by atoms with van der Waals surface area (Å²) in [7, 11) is 0. The summed E-state index contributed by atoms with van der Waals surface area (Å²) in [6, 6.07) is 57.7. The van der Waals surface area contributed by atoms with E-state index in [0.717, 1.165) is 17.1 Å². The molecular weight excluding hydrogens is 759 g/mol. The van der Waals surface area contributed by atoms with E-state index in [0.29, 0.717) is 0 Å². The highest BCUT2D eigenvalue weighted by molar-refractivity contribution is 5.93. The van der Waals surface area contributed by atoms with Gasteiger partial charge in [-0.25, -0.2) is 0 Å². The summed E-state index contributed by atoms with van der Waals surface area (Å²) in [5.41, 5.74) is 21.8. The van der Waals surface area contributed by atoms with Gasteiger partial charge in [0, 0.05) is 27.9 Å². The molecule has 7 aromatic carbocycles. The first kappa shape index (κ1) is 42.6. The van der Waals surface area contributed by atoms with E-state index in [9.17, 15) is 0 Å². The Hall–Kier alpha value is -5.66. The van der Waals surface area contributed by atoms with Gasteiger partial charge in [-0.15, -0.1) is 0 Å². The van der Waals surface area contributed by atoms with Gasteiger partial charge >= 0.3 is 0 Å². The zero-order chi connectivity index (χ0) is 45.1. The van der Waals surface area contributed by atoms with Crippen LogP contribution >= 0.6 is 0 Å². The molecule has 0 saturated carbocycles. The maximum Gasteiger partial charge on any atom is 0.0467 e. The third-order valence-corrected chi connectivity index (χ3v) is 14.7. The monoisotopic (exact) mass is 826 g/mol. The second-order valence-electron chi connectivity index (χ2n) is 23.1. The minimum Gasteiger partial charge on any atom is -0.310 e. The van der Waals surface area contributed by atoms with E-state index in [1.807, 2.05) is 0 Å². The number of hydrogen-bond donors (Lipinski definition) is 0. The molecular formula is C62H67N. The molecule has 0 spiro atoms. The van der Waals surface area contributed by atoms with Crippen molar-refractivity contribution >= 4 is 17.1 Å². The highest BCUT2D eigenvalue weighted by Gasteiger charge is 2.59. The van der Waals surface area contributed by atoms with E-state index >= 15 is 0 Å². The molecule has 0 aromatic heterocycles. The molecule has 0 unspecified atom stereocenters. The number of rotatable bonds is 5. The van der Waals surface area contributed by atoms with Crippen molar-refractivity contribution in [2.75, 3.05) is 4.90 Å². The number of nitrogens with zero attached hydrogens (tertiary/aromatic N) is 1. The average molecular weight is 826 g/mol. The van der Waals surface area contributed by atoms with Crippen molar-refractivity contribution in [3.8, 4) is 44.5 Å². The summed E-state index contributed by atoms with van der Waals surface area (Å²) in [6.45, 7) is 33.9. The lowest BCUT2D eigenvalue weighted by molar-refractivity contribution is 0.0953. The molecule has 2 aliphatic carbocycles. The largest absolute Gasteiger partial charge is 0.310 e. The van der Waals surface area contributed by atoms with Crippen molar-refractivity contribution in [2.24, 2.45) is 10.8 Å². The minimum absolute atomic E-state index is 0.0215. The molecule has 0 radical (unpaired) electrons. The lowest BCUT2D eigenvalue weighted by atomic mass is 9.49. The third kappa shape index (κ3) is 6.64. The lowest BCUT2D eigenvalue weighted by Crippen LogP contribution is -2.50. The van der Waals surface area contributed by atoms with Gasteiger partial charge in [0.15, 0.2) is 0 Å². The zero-order valence-electron chi connectivity index (χ0n) is 40.4. The van der Waals surface area contributed by atoms with E-state index in [-0.39, 0.29) is 32.5 Å². The third-order valence-electron chi connectivity index (χ3n) is 14.7. The topological polar surface area (TPSA) is 3.24 Å². The van der Waals surface area contributed by atoms with Crippen molar-refractivity contribution < 1.29 is 0 Å². The fourth-order valence-corrected chi connectivity index (χ4v) is 12.0. The van der Waals surface area contributed by atoms with E-state index in [4.69, 9.17) is 0 Å². The van der Waals surface area contributed by atoms with Crippen LogP contribution in [-0.4, -0.2) is 0 Å². The van der Waals surface area contributed by atoms with E-state index in [1.54, 1.807) is 0 Å². The van der Waals surface area contributed by atoms with Gasteiger partial charge in [-0.05, 0) is 136 Å². The molecule has 0 aliphatic heterocycles. The normalized spacial score (nSPS) is 15.1. The van der Waals surface area contributed by atoms with Crippen molar-refractivity contribution in [3.05, 3.63) is 185 Å². The standard InChI is InChI=1S/C62H67N/c1-57(2,3)43-29-33-50-54(38-43)62(59(7,8)9,60(10,11)12)56-47(35-36-52(55(50)56)58(4,5)6)42-23-20-24-45(37-42)63(44-30-27-41(28-31-44)40-21-16-15-17-22-40)46-32-34-49-48-25-18-19-26-51(48)61(13,14)53(49)39-46/h15-39H,1-14H3. The van der Waals surface area contributed by atoms with E-state index in [2.05, 4.69) is 253 Å². The minimum atomic E-state index is -0.300. The Morgan fingerprint density at radius 2 is 0.937 bits per heavy atom. The Morgan fingerprint density at radius 3 is 1.59 bits per heavy atom. The van der Waals surface area contributed by atoms with Crippen LogP contribution in [0, 0.1) is 10.8 Å². The number of benzene rings is 7. The Morgan fingerprint density at radius 1 is 0.381 bits per heavy atom. The summed E-state index contributed by atoms with van der Waals surface area (Å²) in [4.78, 5) is 2.48. The first-order chi connectivity index (χ1) is 29.5. The second kappa shape index (κ2) is 14.4. The van der Waals surface area contributed by atoms with Crippen LogP contribution in [0.4, 0.5) is 17.1 Å². The van der Waals surface area contributed by atoms with Crippen LogP contribution in [0.15, 0.2) is 152 Å². The maximum atomic E-state index is 2.59. The molecule has 0 amide bonds. The SMILES string of the molecule is CC(C)(C)c1ccc2c(c1)C(C(C)(C)C)(C(C)(C)C)c1c(-c3cccc(N(c4ccc(-c5ccccc5)cc4)c4ccc5c(c4)C(C)(C)c4ccccc4-5)c3)ccc(C(C)(C)C)c1-2. The van der Waals surface area contributed by atoms with Crippen molar-refractivity contribution in [1.29, 1.82) is 0 Å². The Labute approximate surface area is 379 Å². The van der Waals surface area contributed by atoms with Gasteiger partial charge in [-0.2, -0.15) is 0 Å². The van der Waals surface area contributed by atoms with E-state index < -0.39 is 0 Å². The number of hydrogen-bond acceptors (Lipinski definition) is 1. The Balaban J connectivity index is 1.30. The predicted molar refractivity (Wildman–Crippen MR) is 272 cm³/mol. The summed E-state index contributed by atoms with van der Waals surface area (Å²) in [5, 5.41) is 0. The van der Waals surface area contributed by atoms with Gasteiger partial charge in [0.25, 0.3) is 0 Å². The lowest BCUT2D eigenvalue weighted by Gasteiger charge is -2.54. The molecule has 1 heteroatoms. The van der Waals surface area contributed by atoms with Crippen molar-refractivity contribution in [3.63, 3.8) is 0 Å². The summed E-state index contributed by atoms with van der Waals surface area (Å²) < 4.78 is 0. The fourth-order valence-electron chi connectivity index (χ4n) is 12.0. The van der Waals surface area contributed by atoms with Crippen LogP contribution in [0.2, 0.25) is 0 Å². The highest BCUT2D eigenvalue weighted by atomic mass is 15.1. The van der Waals surface area contributed by atoms with Gasteiger partial charge in [0.05, 0.1) is 0 Å². The molecule has 1 nitrogen and oxygen atoms in total. The summed E-state index contributed by atoms with van der Waals surface area (Å²) in [5.74, 6) is 0. The van der Waals surface area contributed by atoms with Crippen LogP contribution in [0.3, 0.4) is 0 Å². The van der Waals surface area contributed by atoms with Gasteiger partial charge < -0.3 is 4.90 Å². The van der Waals surface area contributed by atoms with Crippen molar-refractivity contribution in [2.45, 2.75) is 119 Å². The molecule has 9 rings (SSSR count). The number of fused-ring (bicyclic) bond motifs is 6. The average Bonchev–Trinajstić information content (AvgIpc) is 3.67.